The van der Waals surface area contributed by atoms with Crippen molar-refractivity contribution in [3.8, 4) is 0 Å². The molecule has 0 aromatic heterocycles. The molecule has 0 aromatic carbocycles. The van der Waals surface area contributed by atoms with E-state index >= 15 is 0 Å². The summed E-state index contributed by atoms with van der Waals surface area (Å²) in [4.78, 5) is 11.4. The van der Waals surface area contributed by atoms with E-state index in [2.05, 4.69) is 17.2 Å². The van der Waals surface area contributed by atoms with Crippen LogP contribution in [0.3, 0.4) is 0 Å². The van der Waals surface area contributed by atoms with Gasteiger partial charge in [0.25, 0.3) is 0 Å². The maximum absolute atomic E-state index is 11.4. The van der Waals surface area contributed by atoms with Crippen molar-refractivity contribution in [3.05, 3.63) is 12.7 Å². The number of rotatable bonds is 5. The molecule has 1 saturated carbocycles. The second-order valence-electron chi connectivity index (χ2n) is 4.03. The standard InChI is InChI=1S/C11H21N3O/c1-2-7-13-11(15)14-10(8-12)9-5-3-4-6-9/h2,9-10H,1,3-8,12H2,(H2,13,14,15). The number of nitrogens with two attached hydrogens (primary N) is 1. The molecule has 1 fully saturated rings. The van der Waals surface area contributed by atoms with Gasteiger partial charge in [0.1, 0.15) is 0 Å². The van der Waals surface area contributed by atoms with Crippen LogP contribution in [0.5, 0.6) is 0 Å². The van der Waals surface area contributed by atoms with Crippen molar-refractivity contribution in [2.24, 2.45) is 11.7 Å². The summed E-state index contributed by atoms with van der Waals surface area (Å²) < 4.78 is 0. The van der Waals surface area contributed by atoms with E-state index in [0.717, 1.165) is 0 Å². The second-order valence-corrected chi connectivity index (χ2v) is 4.03. The zero-order valence-corrected chi connectivity index (χ0v) is 9.17. The Kier molecular flexibility index (Phi) is 5.18. The van der Waals surface area contributed by atoms with Gasteiger partial charge in [-0.05, 0) is 18.8 Å². The summed E-state index contributed by atoms with van der Waals surface area (Å²) in [6.07, 6.45) is 6.55. The molecule has 0 bridgehead atoms. The van der Waals surface area contributed by atoms with Crippen molar-refractivity contribution in [1.29, 1.82) is 0 Å². The quantitative estimate of drug-likeness (QED) is 0.594. The molecule has 4 nitrogen and oxygen atoms in total. The minimum atomic E-state index is -0.141. The van der Waals surface area contributed by atoms with Crippen molar-refractivity contribution < 1.29 is 4.79 Å². The highest BCUT2D eigenvalue weighted by Crippen LogP contribution is 2.27. The van der Waals surface area contributed by atoms with Crippen LogP contribution in [-0.2, 0) is 0 Å². The van der Waals surface area contributed by atoms with E-state index in [4.69, 9.17) is 5.73 Å². The van der Waals surface area contributed by atoms with Gasteiger partial charge in [-0.15, -0.1) is 6.58 Å². The number of hydrogen-bond donors (Lipinski definition) is 3. The first-order chi connectivity index (χ1) is 7.27. The summed E-state index contributed by atoms with van der Waals surface area (Å²) in [5.74, 6) is 0.560. The first-order valence-corrected chi connectivity index (χ1v) is 5.63. The fourth-order valence-corrected chi connectivity index (χ4v) is 2.11. The molecule has 0 saturated heterocycles. The highest BCUT2D eigenvalue weighted by atomic mass is 16.2. The van der Waals surface area contributed by atoms with Crippen LogP contribution in [0, 0.1) is 5.92 Å². The summed E-state index contributed by atoms with van der Waals surface area (Å²) in [6, 6.07) is -0.0189. The van der Waals surface area contributed by atoms with Gasteiger partial charge in [0.05, 0.1) is 0 Å². The predicted molar refractivity (Wildman–Crippen MR) is 61.5 cm³/mol. The molecule has 1 atom stereocenters. The highest BCUT2D eigenvalue weighted by Gasteiger charge is 2.24. The fourth-order valence-electron chi connectivity index (χ4n) is 2.11. The number of carbonyl (C=O) groups is 1. The second kappa shape index (κ2) is 6.45. The number of urea groups is 1. The summed E-state index contributed by atoms with van der Waals surface area (Å²) >= 11 is 0. The van der Waals surface area contributed by atoms with Gasteiger partial charge in [-0.25, -0.2) is 4.79 Å². The highest BCUT2D eigenvalue weighted by molar-refractivity contribution is 5.74. The van der Waals surface area contributed by atoms with Crippen LogP contribution in [0.25, 0.3) is 0 Å². The van der Waals surface area contributed by atoms with Crippen molar-refractivity contribution in [1.82, 2.24) is 10.6 Å². The van der Waals surface area contributed by atoms with E-state index in [-0.39, 0.29) is 12.1 Å². The first kappa shape index (κ1) is 12.0. The van der Waals surface area contributed by atoms with Crippen LogP contribution in [0.15, 0.2) is 12.7 Å². The monoisotopic (exact) mass is 211 g/mol. The summed E-state index contributed by atoms with van der Waals surface area (Å²) in [7, 11) is 0. The third-order valence-corrected chi connectivity index (χ3v) is 2.95. The maximum atomic E-state index is 11.4. The zero-order chi connectivity index (χ0) is 11.1. The van der Waals surface area contributed by atoms with Gasteiger partial charge in [0, 0.05) is 19.1 Å². The lowest BCUT2D eigenvalue weighted by molar-refractivity contribution is 0.232. The van der Waals surface area contributed by atoms with E-state index in [1.807, 2.05) is 0 Å². The largest absolute Gasteiger partial charge is 0.335 e. The Morgan fingerprint density at radius 3 is 2.73 bits per heavy atom. The van der Waals surface area contributed by atoms with Crippen LogP contribution in [0.4, 0.5) is 4.79 Å². The van der Waals surface area contributed by atoms with Crippen molar-refractivity contribution in [2.45, 2.75) is 31.7 Å². The number of carbonyl (C=O) groups excluding carboxylic acids is 1. The minimum Gasteiger partial charge on any atom is -0.335 e. The SMILES string of the molecule is C=CCNC(=O)NC(CN)C1CCCC1. The van der Waals surface area contributed by atoms with Crippen LogP contribution < -0.4 is 16.4 Å². The van der Waals surface area contributed by atoms with Crippen molar-refractivity contribution in [3.63, 3.8) is 0 Å². The van der Waals surface area contributed by atoms with Crippen molar-refractivity contribution >= 4 is 6.03 Å². The van der Waals surface area contributed by atoms with Gasteiger partial charge in [-0.1, -0.05) is 18.9 Å². The Morgan fingerprint density at radius 1 is 1.53 bits per heavy atom. The van der Waals surface area contributed by atoms with Crippen LogP contribution in [-0.4, -0.2) is 25.2 Å². The van der Waals surface area contributed by atoms with E-state index < -0.39 is 0 Å². The molecule has 4 heteroatoms. The first-order valence-electron chi connectivity index (χ1n) is 5.63. The molecular weight excluding hydrogens is 190 g/mol. The molecule has 15 heavy (non-hydrogen) atoms. The molecule has 4 N–H and O–H groups in total. The number of nitrogens with one attached hydrogen (secondary N) is 2. The third-order valence-electron chi connectivity index (χ3n) is 2.95. The lowest BCUT2D eigenvalue weighted by Gasteiger charge is -2.23. The molecule has 0 aromatic rings. The molecular formula is C11H21N3O. The number of amides is 2. The Morgan fingerprint density at radius 2 is 2.20 bits per heavy atom. The van der Waals surface area contributed by atoms with Gasteiger partial charge in [-0.3, -0.25) is 0 Å². The van der Waals surface area contributed by atoms with Gasteiger partial charge < -0.3 is 16.4 Å². The lowest BCUT2D eigenvalue weighted by Crippen LogP contribution is -2.48. The molecule has 86 valence electrons. The molecule has 2 amide bonds. The zero-order valence-electron chi connectivity index (χ0n) is 9.17. The van der Waals surface area contributed by atoms with Crippen LogP contribution >= 0.6 is 0 Å². The third kappa shape index (κ3) is 3.91. The maximum Gasteiger partial charge on any atom is 0.315 e. The minimum absolute atomic E-state index is 0.123. The Labute approximate surface area is 91.3 Å². The molecule has 0 heterocycles. The topological polar surface area (TPSA) is 67.2 Å². The normalized spacial score (nSPS) is 18.5. The molecule has 0 aliphatic heterocycles. The van der Waals surface area contributed by atoms with Crippen LogP contribution in [0.2, 0.25) is 0 Å². The molecule has 1 aliphatic rings. The van der Waals surface area contributed by atoms with Gasteiger partial charge >= 0.3 is 6.03 Å². The molecule has 0 radical (unpaired) electrons. The van der Waals surface area contributed by atoms with Gasteiger partial charge in [-0.2, -0.15) is 0 Å². The van der Waals surface area contributed by atoms with Gasteiger partial charge in [0.2, 0.25) is 0 Å². The fraction of sp³-hybridized carbons (Fsp3) is 0.727. The van der Waals surface area contributed by atoms with Crippen molar-refractivity contribution in [2.75, 3.05) is 13.1 Å². The van der Waals surface area contributed by atoms with Gasteiger partial charge in [0.15, 0.2) is 0 Å². The number of hydrogen-bond acceptors (Lipinski definition) is 2. The van der Waals surface area contributed by atoms with E-state index in [9.17, 15) is 4.79 Å². The van der Waals surface area contributed by atoms with E-state index in [1.165, 1.54) is 25.7 Å². The average Bonchev–Trinajstić information content (AvgIpc) is 2.76. The lowest BCUT2D eigenvalue weighted by atomic mass is 9.98. The van der Waals surface area contributed by atoms with Crippen LogP contribution in [0.1, 0.15) is 25.7 Å². The molecule has 1 aliphatic carbocycles. The van der Waals surface area contributed by atoms with E-state index in [0.29, 0.717) is 19.0 Å². The van der Waals surface area contributed by atoms with E-state index in [1.54, 1.807) is 6.08 Å². The Hall–Kier alpha value is -1.03. The Balaban J connectivity index is 2.31. The summed E-state index contributed by atoms with van der Waals surface area (Å²) in [6.45, 7) is 4.56. The summed E-state index contributed by atoms with van der Waals surface area (Å²) in [5, 5.41) is 5.62. The predicted octanol–water partition coefficient (Wildman–Crippen LogP) is 0.989. The average molecular weight is 211 g/mol. The molecule has 1 rings (SSSR count). The Bertz CT molecular complexity index is 212. The molecule has 0 spiro atoms. The smallest absolute Gasteiger partial charge is 0.315 e. The molecule has 1 unspecified atom stereocenters. The summed E-state index contributed by atoms with van der Waals surface area (Å²) in [5.41, 5.74) is 5.67.